The number of hydrogen-bond acceptors (Lipinski definition) is 7. The summed E-state index contributed by atoms with van der Waals surface area (Å²) in [5.41, 5.74) is 1.69. The summed E-state index contributed by atoms with van der Waals surface area (Å²) in [5, 5.41) is 2.70. The molecule has 0 saturated heterocycles. The van der Waals surface area contributed by atoms with Gasteiger partial charge in [-0.3, -0.25) is 4.79 Å². The fraction of sp³-hybridized carbons (Fsp3) is 0.333. The lowest BCUT2D eigenvalue weighted by molar-refractivity contribution is 0.0503. The van der Waals surface area contributed by atoms with E-state index in [1.54, 1.807) is 30.3 Å². The number of methoxy groups -OCH3 is 3. The summed E-state index contributed by atoms with van der Waals surface area (Å²) in [6, 6.07) is 10.2. The lowest BCUT2D eigenvalue weighted by atomic mass is 10.1. The first-order valence-corrected chi connectivity index (χ1v) is 8.94. The van der Waals surface area contributed by atoms with E-state index >= 15 is 0 Å². The quantitative estimate of drug-likeness (QED) is 0.509. The van der Waals surface area contributed by atoms with Crippen molar-refractivity contribution in [2.75, 3.05) is 53.5 Å². The molecule has 2 rings (SSSR count). The van der Waals surface area contributed by atoms with Gasteiger partial charge in [0.25, 0.3) is 5.91 Å². The number of esters is 1. The number of carbonyl (C=O) groups is 2. The summed E-state index contributed by atoms with van der Waals surface area (Å²) in [6.45, 7) is 0.204. The van der Waals surface area contributed by atoms with E-state index in [0.29, 0.717) is 28.4 Å². The number of nitrogens with one attached hydrogen (secondary N) is 1. The average Bonchev–Trinajstić information content (AvgIpc) is 2.75. The Balaban J connectivity index is 1.93. The van der Waals surface area contributed by atoms with E-state index in [-0.39, 0.29) is 19.1 Å². The van der Waals surface area contributed by atoms with E-state index in [1.807, 2.05) is 25.1 Å². The fourth-order valence-corrected chi connectivity index (χ4v) is 2.62. The van der Waals surface area contributed by atoms with Crippen LogP contribution in [0.25, 0.3) is 0 Å². The predicted octanol–water partition coefficient (Wildman–Crippen LogP) is 2.37. The Bertz CT molecular complexity index is 841. The highest BCUT2D eigenvalue weighted by atomic mass is 16.5. The molecule has 1 amide bonds. The monoisotopic (exact) mass is 402 g/mol. The second-order valence-electron chi connectivity index (χ2n) is 6.25. The minimum atomic E-state index is -0.448. The van der Waals surface area contributed by atoms with Gasteiger partial charge < -0.3 is 29.2 Å². The Morgan fingerprint density at radius 3 is 2.14 bits per heavy atom. The van der Waals surface area contributed by atoms with Crippen molar-refractivity contribution in [2.45, 2.75) is 0 Å². The molecule has 8 heteroatoms. The van der Waals surface area contributed by atoms with Crippen LogP contribution in [0.3, 0.4) is 0 Å². The van der Waals surface area contributed by atoms with Crippen LogP contribution in [0.1, 0.15) is 20.7 Å². The molecule has 0 aliphatic heterocycles. The van der Waals surface area contributed by atoms with E-state index in [0.717, 1.165) is 5.69 Å². The largest absolute Gasteiger partial charge is 0.493 e. The fourth-order valence-electron chi connectivity index (χ4n) is 2.62. The highest BCUT2D eigenvalue weighted by Gasteiger charge is 2.17. The third-order valence-corrected chi connectivity index (χ3v) is 4.15. The van der Waals surface area contributed by atoms with E-state index in [1.165, 1.54) is 21.3 Å². The molecule has 2 aromatic carbocycles. The van der Waals surface area contributed by atoms with Crippen molar-refractivity contribution >= 4 is 17.6 Å². The van der Waals surface area contributed by atoms with Gasteiger partial charge in [-0.15, -0.1) is 0 Å². The molecule has 0 spiro atoms. The molecule has 2 aromatic rings. The number of carbonyl (C=O) groups excluding carboxylic acids is 2. The van der Waals surface area contributed by atoms with Crippen molar-refractivity contribution in [3.63, 3.8) is 0 Å². The summed E-state index contributed by atoms with van der Waals surface area (Å²) in [7, 11) is 8.22. The molecule has 156 valence electrons. The van der Waals surface area contributed by atoms with Gasteiger partial charge in [-0.05, 0) is 30.3 Å². The zero-order chi connectivity index (χ0) is 21.4. The molecule has 1 N–H and O–H groups in total. The summed E-state index contributed by atoms with van der Waals surface area (Å²) in [6.07, 6.45) is 0. The van der Waals surface area contributed by atoms with Crippen molar-refractivity contribution in [1.29, 1.82) is 0 Å². The Morgan fingerprint density at radius 2 is 1.59 bits per heavy atom. The average molecular weight is 402 g/mol. The van der Waals surface area contributed by atoms with Crippen molar-refractivity contribution in [1.82, 2.24) is 5.32 Å². The molecule has 0 atom stereocenters. The van der Waals surface area contributed by atoms with Gasteiger partial charge in [0, 0.05) is 25.3 Å². The Labute approximate surface area is 170 Å². The molecular formula is C21H26N2O6. The van der Waals surface area contributed by atoms with Crippen molar-refractivity contribution < 1.29 is 28.5 Å². The molecule has 0 aliphatic carbocycles. The van der Waals surface area contributed by atoms with Gasteiger partial charge >= 0.3 is 5.97 Å². The van der Waals surface area contributed by atoms with Crippen LogP contribution in [0.15, 0.2) is 36.4 Å². The van der Waals surface area contributed by atoms with Crippen LogP contribution in [-0.2, 0) is 4.74 Å². The molecule has 0 unspecified atom stereocenters. The van der Waals surface area contributed by atoms with E-state index in [9.17, 15) is 9.59 Å². The van der Waals surface area contributed by atoms with E-state index < -0.39 is 5.97 Å². The van der Waals surface area contributed by atoms with E-state index in [4.69, 9.17) is 18.9 Å². The lowest BCUT2D eigenvalue weighted by Gasteiger charge is -2.14. The summed E-state index contributed by atoms with van der Waals surface area (Å²) < 4.78 is 21.0. The molecule has 0 aliphatic rings. The molecule has 0 heterocycles. The second kappa shape index (κ2) is 10.2. The van der Waals surface area contributed by atoms with Crippen LogP contribution < -0.4 is 24.4 Å². The van der Waals surface area contributed by atoms with Crippen molar-refractivity contribution in [2.24, 2.45) is 0 Å². The van der Waals surface area contributed by atoms with Gasteiger partial charge in [0.05, 0.1) is 33.4 Å². The molecule has 0 saturated carbocycles. The minimum Gasteiger partial charge on any atom is -0.493 e. The number of anilines is 1. The summed E-state index contributed by atoms with van der Waals surface area (Å²) >= 11 is 0. The maximum Gasteiger partial charge on any atom is 0.338 e. The number of benzene rings is 2. The van der Waals surface area contributed by atoms with Crippen LogP contribution in [0, 0.1) is 0 Å². The molecule has 8 nitrogen and oxygen atoms in total. The number of hydrogen-bond donors (Lipinski definition) is 1. The number of nitrogens with zero attached hydrogens (tertiary/aromatic N) is 1. The van der Waals surface area contributed by atoms with Gasteiger partial charge in [0.2, 0.25) is 5.75 Å². The van der Waals surface area contributed by atoms with Crippen molar-refractivity contribution in [3.05, 3.63) is 47.5 Å². The Kier molecular flexibility index (Phi) is 7.70. The smallest absolute Gasteiger partial charge is 0.338 e. The maximum atomic E-state index is 12.4. The maximum absolute atomic E-state index is 12.4. The van der Waals surface area contributed by atoms with E-state index in [2.05, 4.69) is 5.32 Å². The first kappa shape index (κ1) is 21.9. The van der Waals surface area contributed by atoms with Crippen LogP contribution in [0.2, 0.25) is 0 Å². The van der Waals surface area contributed by atoms with Gasteiger partial charge in [-0.2, -0.15) is 0 Å². The van der Waals surface area contributed by atoms with Crippen LogP contribution in [0.5, 0.6) is 17.2 Å². The molecule has 0 radical (unpaired) electrons. The van der Waals surface area contributed by atoms with Gasteiger partial charge in [0.15, 0.2) is 11.5 Å². The van der Waals surface area contributed by atoms with Gasteiger partial charge in [-0.1, -0.05) is 6.07 Å². The molecule has 0 bridgehead atoms. The molecule has 0 aromatic heterocycles. The molecule has 0 fully saturated rings. The first-order chi connectivity index (χ1) is 13.9. The van der Waals surface area contributed by atoms with Crippen LogP contribution >= 0.6 is 0 Å². The normalized spacial score (nSPS) is 10.1. The van der Waals surface area contributed by atoms with Gasteiger partial charge in [-0.25, -0.2) is 4.79 Å². The summed E-state index contributed by atoms with van der Waals surface area (Å²) in [4.78, 5) is 26.5. The number of ether oxygens (including phenoxy) is 4. The molecular weight excluding hydrogens is 376 g/mol. The number of amides is 1. The summed E-state index contributed by atoms with van der Waals surface area (Å²) in [5.74, 6) is 0.361. The lowest BCUT2D eigenvalue weighted by Crippen LogP contribution is -2.28. The zero-order valence-corrected chi connectivity index (χ0v) is 17.3. The minimum absolute atomic E-state index is 0.0428. The SMILES string of the molecule is COc1cc(C(=O)NCCOC(=O)c2cccc(N(C)C)c2)cc(OC)c1OC. The standard InChI is InChI=1S/C21H26N2O6/c1-23(2)16-8-6-7-14(11-16)21(25)29-10-9-22-20(24)15-12-17(26-3)19(28-5)18(13-15)27-4/h6-8,11-13H,9-10H2,1-5H3,(H,22,24). The third-order valence-electron chi connectivity index (χ3n) is 4.15. The predicted molar refractivity (Wildman–Crippen MR) is 109 cm³/mol. The third kappa shape index (κ3) is 5.54. The van der Waals surface area contributed by atoms with Crippen LogP contribution in [-0.4, -0.2) is 60.5 Å². The first-order valence-electron chi connectivity index (χ1n) is 8.94. The Morgan fingerprint density at radius 1 is 0.931 bits per heavy atom. The van der Waals surface area contributed by atoms with Crippen molar-refractivity contribution in [3.8, 4) is 17.2 Å². The Hall–Kier alpha value is -3.42. The van der Waals surface area contributed by atoms with Gasteiger partial charge in [0.1, 0.15) is 6.61 Å². The van der Waals surface area contributed by atoms with Crippen LogP contribution in [0.4, 0.5) is 5.69 Å². The zero-order valence-electron chi connectivity index (χ0n) is 17.3. The number of rotatable bonds is 9. The molecule has 29 heavy (non-hydrogen) atoms. The second-order valence-corrected chi connectivity index (χ2v) is 6.25. The highest BCUT2D eigenvalue weighted by molar-refractivity contribution is 5.95. The highest BCUT2D eigenvalue weighted by Crippen LogP contribution is 2.38. The topological polar surface area (TPSA) is 86.3 Å².